The maximum Gasteiger partial charge on any atom is 0.433 e. The number of nitrogens with zero attached hydrogens (tertiary/aromatic N) is 3. The number of thiazole rings is 1. The van der Waals surface area contributed by atoms with Crippen LogP contribution in [-0.4, -0.2) is 15.0 Å². The van der Waals surface area contributed by atoms with Crippen LogP contribution in [0.2, 0.25) is 0 Å². The summed E-state index contributed by atoms with van der Waals surface area (Å²) in [5.74, 6) is 0.105. The number of nitrogens with one attached hydrogen (secondary N) is 1. The van der Waals surface area contributed by atoms with E-state index in [2.05, 4.69) is 20.3 Å². The summed E-state index contributed by atoms with van der Waals surface area (Å²) in [6.45, 7) is 1.99. The minimum Gasteiger partial charge on any atom is -0.316 e. The predicted molar refractivity (Wildman–Crippen MR) is 87.2 cm³/mol. The van der Waals surface area contributed by atoms with Crippen LogP contribution in [0.4, 0.5) is 24.1 Å². The smallest absolute Gasteiger partial charge is 0.316 e. The molecular weight excluding hydrogens is 337 g/mol. The molecule has 0 fully saturated rings. The molecule has 3 aromatic heterocycles. The molecule has 0 radical (unpaired) electrons. The summed E-state index contributed by atoms with van der Waals surface area (Å²) in [6.07, 6.45) is -2.05. The van der Waals surface area contributed by atoms with Crippen LogP contribution in [0.5, 0.6) is 0 Å². The van der Waals surface area contributed by atoms with Gasteiger partial charge in [-0.1, -0.05) is 19.1 Å². The van der Waals surface area contributed by atoms with Crippen molar-refractivity contribution in [2.75, 3.05) is 5.32 Å². The Morgan fingerprint density at radius 2 is 1.92 bits per heavy atom. The van der Waals surface area contributed by atoms with Crippen LogP contribution >= 0.6 is 11.3 Å². The lowest BCUT2D eigenvalue weighted by molar-refractivity contribution is -0.141. The van der Waals surface area contributed by atoms with Gasteiger partial charge in [-0.15, -0.1) is 11.3 Å². The molecule has 3 rings (SSSR count). The molecule has 4 nitrogen and oxygen atoms in total. The second-order valence-electron chi connectivity index (χ2n) is 4.89. The van der Waals surface area contributed by atoms with Crippen LogP contribution in [-0.2, 0) is 12.6 Å². The zero-order valence-electron chi connectivity index (χ0n) is 12.6. The van der Waals surface area contributed by atoms with E-state index in [1.54, 1.807) is 6.20 Å². The molecule has 0 atom stereocenters. The van der Waals surface area contributed by atoms with Gasteiger partial charge in [-0.05, 0) is 30.7 Å². The fraction of sp³-hybridized carbons (Fsp3) is 0.188. The van der Waals surface area contributed by atoms with Gasteiger partial charge in [0, 0.05) is 11.1 Å². The molecular formula is C16H13F3N4S. The van der Waals surface area contributed by atoms with Gasteiger partial charge in [-0.3, -0.25) is 4.98 Å². The van der Waals surface area contributed by atoms with Crippen LogP contribution in [0.15, 0.2) is 42.6 Å². The molecule has 0 spiro atoms. The van der Waals surface area contributed by atoms with E-state index in [9.17, 15) is 13.2 Å². The maximum absolute atomic E-state index is 12.7. The number of alkyl halides is 3. The SMILES string of the molecule is CCc1sc(Nc2cccc(C(F)(F)F)n2)nc1-c1ccccn1. The fourth-order valence-electron chi connectivity index (χ4n) is 2.12. The van der Waals surface area contributed by atoms with Crippen LogP contribution in [0.1, 0.15) is 17.5 Å². The summed E-state index contributed by atoms with van der Waals surface area (Å²) in [6, 6.07) is 9.25. The molecule has 0 aliphatic carbocycles. The number of rotatable bonds is 4. The van der Waals surface area contributed by atoms with Crippen molar-refractivity contribution in [3.63, 3.8) is 0 Å². The molecule has 0 amide bonds. The van der Waals surface area contributed by atoms with E-state index in [-0.39, 0.29) is 5.82 Å². The molecule has 3 heterocycles. The molecule has 124 valence electrons. The van der Waals surface area contributed by atoms with Crippen LogP contribution in [0.3, 0.4) is 0 Å². The van der Waals surface area contributed by atoms with E-state index < -0.39 is 11.9 Å². The maximum atomic E-state index is 12.7. The number of aromatic nitrogens is 3. The van der Waals surface area contributed by atoms with Crippen molar-refractivity contribution < 1.29 is 13.2 Å². The lowest BCUT2D eigenvalue weighted by Crippen LogP contribution is -2.08. The summed E-state index contributed by atoms with van der Waals surface area (Å²) in [4.78, 5) is 13.3. The zero-order chi connectivity index (χ0) is 17.2. The van der Waals surface area contributed by atoms with Gasteiger partial charge in [0.15, 0.2) is 5.13 Å². The Morgan fingerprint density at radius 1 is 1.08 bits per heavy atom. The summed E-state index contributed by atoms with van der Waals surface area (Å²) in [7, 11) is 0. The summed E-state index contributed by atoms with van der Waals surface area (Å²) in [5.41, 5.74) is 0.526. The average molecular weight is 350 g/mol. The van der Waals surface area contributed by atoms with Crippen molar-refractivity contribution in [3.05, 3.63) is 53.2 Å². The van der Waals surface area contributed by atoms with Crippen molar-refractivity contribution >= 4 is 22.3 Å². The Labute approximate surface area is 140 Å². The first-order valence-electron chi connectivity index (χ1n) is 7.19. The molecule has 3 aromatic rings. The van der Waals surface area contributed by atoms with Gasteiger partial charge in [-0.2, -0.15) is 13.2 Å². The highest BCUT2D eigenvalue weighted by Crippen LogP contribution is 2.33. The molecule has 0 aliphatic rings. The molecule has 0 saturated carbocycles. The average Bonchev–Trinajstić information content (AvgIpc) is 2.98. The van der Waals surface area contributed by atoms with Gasteiger partial charge >= 0.3 is 6.18 Å². The standard InChI is InChI=1S/C16H13F3N4S/c1-2-11-14(10-6-3-4-9-20-10)23-15(24-11)22-13-8-5-7-12(21-13)16(17,18)19/h3-9H,2H2,1H3,(H,21,22,23). The number of hydrogen-bond acceptors (Lipinski definition) is 5. The Kier molecular flexibility index (Phi) is 4.48. The fourth-order valence-corrected chi connectivity index (χ4v) is 3.04. The first-order valence-corrected chi connectivity index (χ1v) is 8.01. The Morgan fingerprint density at radius 3 is 2.58 bits per heavy atom. The summed E-state index contributed by atoms with van der Waals surface area (Å²) in [5, 5.41) is 3.34. The number of hydrogen-bond donors (Lipinski definition) is 1. The van der Waals surface area contributed by atoms with Crippen molar-refractivity contribution in [1.29, 1.82) is 0 Å². The van der Waals surface area contributed by atoms with Gasteiger partial charge in [0.1, 0.15) is 17.2 Å². The highest BCUT2D eigenvalue weighted by atomic mass is 32.1. The van der Waals surface area contributed by atoms with Gasteiger partial charge in [0.05, 0.1) is 5.69 Å². The molecule has 0 aliphatic heterocycles. The third kappa shape index (κ3) is 3.53. The van der Waals surface area contributed by atoms with E-state index in [0.29, 0.717) is 5.13 Å². The lowest BCUT2D eigenvalue weighted by Gasteiger charge is -2.07. The minimum absolute atomic E-state index is 0.105. The van der Waals surface area contributed by atoms with E-state index >= 15 is 0 Å². The van der Waals surface area contributed by atoms with E-state index in [0.717, 1.165) is 28.8 Å². The minimum atomic E-state index is -4.48. The first kappa shape index (κ1) is 16.4. The van der Waals surface area contributed by atoms with Crippen molar-refractivity contribution in [1.82, 2.24) is 15.0 Å². The Bertz CT molecular complexity index is 831. The number of aryl methyl sites for hydroxylation is 1. The van der Waals surface area contributed by atoms with Crippen LogP contribution < -0.4 is 5.32 Å². The second-order valence-corrected chi connectivity index (χ2v) is 5.97. The molecule has 0 bridgehead atoms. The largest absolute Gasteiger partial charge is 0.433 e. The third-order valence-corrected chi connectivity index (χ3v) is 4.32. The Balaban J connectivity index is 1.90. The topological polar surface area (TPSA) is 50.7 Å². The summed E-state index contributed by atoms with van der Waals surface area (Å²) >= 11 is 1.38. The van der Waals surface area contributed by atoms with Gasteiger partial charge in [-0.25, -0.2) is 9.97 Å². The van der Waals surface area contributed by atoms with Crippen LogP contribution in [0, 0.1) is 0 Å². The molecule has 24 heavy (non-hydrogen) atoms. The first-order chi connectivity index (χ1) is 11.5. The van der Waals surface area contributed by atoms with Crippen LogP contribution in [0.25, 0.3) is 11.4 Å². The number of anilines is 2. The monoisotopic (exact) mass is 350 g/mol. The molecule has 8 heteroatoms. The lowest BCUT2D eigenvalue weighted by atomic mass is 10.2. The quantitative estimate of drug-likeness (QED) is 0.725. The Hall–Kier alpha value is -2.48. The molecule has 0 aromatic carbocycles. The molecule has 0 unspecified atom stereocenters. The van der Waals surface area contributed by atoms with Crippen molar-refractivity contribution in [3.8, 4) is 11.4 Å². The number of pyridine rings is 2. The third-order valence-electron chi connectivity index (χ3n) is 3.20. The normalized spacial score (nSPS) is 11.5. The van der Waals surface area contributed by atoms with E-state index in [1.807, 2.05) is 25.1 Å². The van der Waals surface area contributed by atoms with E-state index in [4.69, 9.17) is 0 Å². The van der Waals surface area contributed by atoms with Crippen molar-refractivity contribution in [2.24, 2.45) is 0 Å². The molecule has 1 N–H and O–H groups in total. The predicted octanol–water partition coefficient (Wildman–Crippen LogP) is 4.92. The van der Waals surface area contributed by atoms with E-state index in [1.165, 1.54) is 23.5 Å². The highest BCUT2D eigenvalue weighted by Gasteiger charge is 2.32. The zero-order valence-corrected chi connectivity index (χ0v) is 13.4. The summed E-state index contributed by atoms with van der Waals surface area (Å²) < 4.78 is 38.2. The highest BCUT2D eigenvalue weighted by molar-refractivity contribution is 7.16. The molecule has 0 saturated heterocycles. The van der Waals surface area contributed by atoms with Gasteiger partial charge in [0.25, 0.3) is 0 Å². The van der Waals surface area contributed by atoms with Gasteiger partial charge in [0.2, 0.25) is 0 Å². The van der Waals surface area contributed by atoms with Gasteiger partial charge < -0.3 is 5.32 Å². The number of halogens is 3. The second kappa shape index (κ2) is 6.56. The van der Waals surface area contributed by atoms with Crippen molar-refractivity contribution in [2.45, 2.75) is 19.5 Å².